The summed E-state index contributed by atoms with van der Waals surface area (Å²) < 4.78 is 0. The van der Waals surface area contributed by atoms with Gasteiger partial charge in [0.25, 0.3) is 0 Å². The Labute approximate surface area is 96.7 Å². The molecule has 17 heavy (non-hydrogen) atoms. The van der Waals surface area contributed by atoms with Crippen LogP contribution >= 0.6 is 0 Å². The third-order valence-corrected chi connectivity index (χ3v) is 2.36. The van der Waals surface area contributed by atoms with E-state index in [1.54, 1.807) is 0 Å². The van der Waals surface area contributed by atoms with Gasteiger partial charge in [-0.15, -0.1) is 0 Å². The third-order valence-electron chi connectivity index (χ3n) is 2.36. The van der Waals surface area contributed by atoms with Crippen LogP contribution in [-0.4, -0.2) is 50.5 Å². The lowest BCUT2D eigenvalue weighted by Gasteiger charge is -2.28. The van der Waals surface area contributed by atoms with Crippen LogP contribution in [0.2, 0.25) is 0 Å². The van der Waals surface area contributed by atoms with Crippen molar-refractivity contribution in [2.24, 2.45) is 11.7 Å². The van der Waals surface area contributed by atoms with Crippen LogP contribution in [0.1, 0.15) is 19.3 Å². The highest BCUT2D eigenvalue weighted by Crippen LogP contribution is 2.27. The quantitative estimate of drug-likeness (QED) is 0.355. The molecular weight excluding hydrogens is 234 g/mol. The van der Waals surface area contributed by atoms with E-state index in [-0.39, 0.29) is 19.4 Å². The number of aliphatic hydroxyl groups is 1. The number of carbonyl (C=O) groups is 3. The highest BCUT2D eigenvalue weighted by atomic mass is 16.4. The van der Waals surface area contributed by atoms with Gasteiger partial charge in [0.15, 0.2) is 5.60 Å². The molecular formula is C9H15NO7. The Kier molecular flexibility index (Phi) is 5.56. The molecule has 0 bridgehead atoms. The van der Waals surface area contributed by atoms with Gasteiger partial charge in [-0.2, -0.15) is 0 Å². The SMILES string of the molecule is NCCCC(C(=O)O)C(O)(CC(=O)O)C(=O)O. The van der Waals surface area contributed by atoms with Crippen LogP contribution in [0.4, 0.5) is 0 Å². The summed E-state index contributed by atoms with van der Waals surface area (Å²) in [4.78, 5) is 32.2. The van der Waals surface area contributed by atoms with E-state index in [9.17, 15) is 19.5 Å². The highest BCUT2D eigenvalue weighted by molar-refractivity contribution is 5.89. The summed E-state index contributed by atoms with van der Waals surface area (Å²) in [5.74, 6) is -6.73. The van der Waals surface area contributed by atoms with E-state index >= 15 is 0 Å². The van der Waals surface area contributed by atoms with Gasteiger partial charge in [0.2, 0.25) is 0 Å². The van der Waals surface area contributed by atoms with Gasteiger partial charge in [-0.1, -0.05) is 0 Å². The summed E-state index contributed by atoms with van der Waals surface area (Å²) in [7, 11) is 0. The lowest BCUT2D eigenvalue weighted by molar-refractivity contribution is -0.179. The van der Waals surface area contributed by atoms with E-state index in [1.165, 1.54) is 0 Å². The van der Waals surface area contributed by atoms with E-state index in [0.717, 1.165) is 0 Å². The molecule has 0 saturated carbocycles. The van der Waals surface area contributed by atoms with Gasteiger partial charge in [0.05, 0.1) is 12.3 Å². The average Bonchev–Trinajstić information content (AvgIpc) is 2.16. The van der Waals surface area contributed by atoms with E-state index in [0.29, 0.717) is 0 Å². The second kappa shape index (κ2) is 6.16. The minimum atomic E-state index is -2.83. The Morgan fingerprint density at radius 1 is 1.18 bits per heavy atom. The molecule has 8 heteroatoms. The second-order valence-electron chi connectivity index (χ2n) is 3.62. The van der Waals surface area contributed by atoms with Crippen molar-refractivity contribution in [2.45, 2.75) is 24.9 Å². The van der Waals surface area contributed by atoms with E-state index in [1.807, 2.05) is 0 Å². The Morgan fingerprint density at radius 3 is 2.00 bits per heavy atom. The number of aliphatic carboxylic acids is 3. The first-order valence-electron chi connectivity index (χ1n) is 4.86. The molecule has 0 aromatic heterocycles. The molecule has 0 spiro atoms. The Morgan fingerprint density at radius 2 is 1.71 bits per heavy atom. The molecule has 0 radical (unpaired) electrons. The molecule has 6 N–H and O–H groups in total. The molecule has 0 saturated heterocycles. The monoisotopic (exact) mass is 249 g/mol. The maximum Gasteiger partial charge on any atom is 0.337 e. The highest BCUT2D eigenvalue weighted by Gasteiger charge is 2.49. The summed E-state index contributed by atoms with van der Waals surface area (Å²) in [5.41, 5.74) is 2.33. The second-order valence-corrected chi connectivity index (χ2v) is 3.62. The molecule has 0 aliphatic rings. The van der Waals surface area contributed by atoms with Gasteiger partial charge in [-0.3, -0.25) is 9.59 Å². The van der Waals surface area contributed by atoms with Crippen LogP contribution in [0.25, 0.3) is 0 Å². The fourth-order valence-electron chi connectivity index (χ4n) is 1.47. The van der Waals surface area contributed by atoms with Gasteiger partial charge in [0, 0.05) is 0 Å². The van der Waals surface area contributed by atoms with E-state index in [4.69, 9.17) is 21.1 Å². The molecule has 0 fully saturated rings. The van der Waals surface area contributed by atoms with Crippen LogP contribution in [0.15, 0.2) is 0 Å². The minimum Gasteiger partial charge on any atom is -0.481 e. The molecule has 0 aromatic rings. The van der Waals surface area contributed by atoms with Gasteiger partial charge in [0.1, 0.15) is 0 Å². The Balaban J connectivity index is 5.14. The Bertz CT molecular complexity index is 316. The van der Waals surface area contributed by atoms with Gasteiger partial charge >= 0.3 is 17.9 Å². The molecule has 0 aliphatic carbocycles. The largest absolute Gasteiger partial charge is 0.481 e. The number of carboxylic acids is 3. The smallest absolute Gasteiger partial charge is 0.337 e. The molecule has 0 heterocycles. The van der Waals surface area contributed by atoms with E-state index in [2.05, 4.69) is 0 Å². The summed E-state index contributed by atoms with van der Waals surface area (Å²) in [6.07, 6.45) is -1.21. The zero-order valence-electron chi connectivity index (χ0n) is 9.00. The lowest BCUT2D eigenvalue weighted by Crippen LogP contribution is -2.50. The molecule has 0 aliphatic heterocycles. The van der Waals surface area contributed by atoms with Crippen molar-refractivity contribution < 1.29 is 34.8 Å². The molecule has 0 rings (SSSR count). The fourth-order valence-corrected chi connectivity index (χ4v) is 1.47. The van der Waals surface area contributed by atoms with Crippen LogP contribution in [0.3, 0.4) is 0 Å². The zero-order chi connectivity index (χ0) is 13.6. The van der Waals surface area contributed by atoms with Gasteiger partial charge < -0.3 is 26.2 Å². The number of hydrogen-bond acceptors (Lipinski definition) is 5. The average molecular weight is 249 g/mol. The number of rotatable bonds is 8. The number of nitrogens with two attached hydrogens (primary N) is 1. The summed E-state index contributed by atoms with van der Waals surface area (Å²) in [5, 5.41) is 35.9. The minimum absolute atomic E-state index is 0.118. The van der Waals surface area contributed by atoms with Crippen molar-refractivity contribution >= 4 is 17.9 Å². The predicted octanol–water partition coefficient (Wildman–Crippen LogP) is -1.28. The van der Waals surface area contributed by atoms with Crippen molar-refractivity contribution in [2.75, 3.05) is 6.54 Å². The normalized spacial score (nSPS) is 15.9. The van der Waals surface area contributed by atoms with Crippen LogP contribution in [-0.2, 0) is 14.4 Å². The topological polar surface area (TPSA) is 158 Å². The third kappa shape index (κ3) is 4.00. The first-order valence-corrected chi connectivity index (χ1v) is 4.86. The number of carboxylic acid groups (broad SMARTS) is 3. The summed E-state index contributed by atoms with van der Waals surface area (Å²) >= 11 is 0. The number of hydrogen-bond donors (Lipinski definition) is 5. The Hall–Kier alpha value is -1.67. The molecule has 0 amide bonds. The zero-order valence-corrected chi connectivity index (χ0v) is 9.00. The van der Waals surface area contributed by atoms with Gasteiger partial charge in [-0.25, -0.2) is 4.79 Å². The van der Waals surface area contributed by atoms with Crippen molar-refractivity contribution in [3.8, 4) is 0 Å². The molecule has 2 unspecified atom stereocenters. The summed E-state index contributed by atoms with van der Waals surface area (Å²) in [6, 6.07) is 0. The maximum absolute atomic E-state index is 10.9. The lowest BCUT2D eigenvalue weighted by atomic mass is 9.81. The van der Waals surface area contributed by atoms with Gasteiger partial charge in [-0.05, 0) is 19.4 Å². The fraction of sp³-hybridized carbons (Fsp3) is 0.667. The van der Waals surface area contributed by atoms with Crippen LogP contribution < -0.4 is 5.73 Å². The molecule has 0 aromatic carbocycles. The van der Waals surface area contributed by atoms with Crippen molar-refractivity contribution in [1.82, 2.24) is 0 Å². The molecule has 98 valence electrons. The first kappa shape index (κ1) is 15.3. The standard InChI is InChI=1S/C9H15NO7/c10-3-1-2-5(7(13)14)9(17,8(15)16)4-6(11)12/h5,17H,1-4,10H2,(H,11,12)(H,13,14)(H,15,16). The molecule has 8 nitrogen and oxygen atoms in total. The van der Waals surface area contributed by atoms with Crippen LogP contribution in [0.5, 0.6) is 0 Å². The predicted molar refractivity (Wildman–Crippen MR) is 54.3 cm³/mol. The maximum atomic E-state index is 10.9. The van der Waals surface area contributed by atoms with Crippen molar-refractivity contribution in [3.63, 3.8) is 0 Å². The van der Waals surface area contributed by atoms with Crippen molar-refractivity contribution in [1.29, 1.82) is 0 Å². The van der Waals surface area contributed by atoms with Crippen LogP contribution in [0, 0.1) is 5.92 Å². The molecule has 2 atom stereocenters. The van der Waals surface area contributed by atoms with E-state index < -0.39 is 35.8 Å². The first-order chi connectivity index (χ1) is 7.75. The van der Waals surface area contributed by atoms with Crippen molar-refractivity contribution in [3.05, 3.63) is 0 Å². The summed E-state index contributed by atoms with van der Waals surface area (Å²) in [6.45, 7) is 0.118.